The lowest BCUT2D eigenvalue weighted by Gasteiger charge is -2.10. The van der Waals surface area contributed by atoms with Crippen LogP contribution in [0.5, 0.6) is 0 Å². The molecule has 0 spiro atoms. The highest BCUT2D eigenvalue weighted by atomic mass is 16.6. The molecule has 0 amide bonds. The number of aliphatic hydroxyl groups is 1. The van der Waals surface area contributed by atoms with Crippen molar-refractivity contribution in [1.29, 1.82) is 0 Å². The van der Waals surface area contributed by atoms with Crippen LogP contribution in [0.3, 0.4) is 0 Å². The topological polar surface area (TPSA) is 72.5 Å². The zero-order chi connectivity index (χ0) is 10.8. The van der Waals surface area contributed by atoms with Crippen molar-refractivity contribution in [3.05, 3.63) is 0 Å². The summed E-state index contributed by atoms with van der Waals surface area (Å²) < 4.78 is 4.60. The first-order valence-corrected chi connectivity index (χ1v) is 5.28. The fourth-order valence-corrected chi connectivity index (χ4v) is 1.18. The summed E-state index contributed by atoms with van der Waals surface area (Å²) in [6.45, 7) is 1.98. The highest BCUT2D eigenvalue weighted by Crippen LogP contribution is 2.07. The molecule has 4 heteroatoms. The van der Waals surface area contributed by atoms with Gasteiger partial charge in [0.05, 0.1) is 6.54 Å². The minimum Gasteiger partial charge on any atom is -0.435 e. The highest BCUT2D eigenvalue weighted by Gasteiger charge is 2.08. The quantitative estimate of drug-likeness (QED) is 0.353. The second-order valence-corrected chi connectivity index (χ2v) is 3.35. The minimum absolute atomic E-state index is 0.174. The van der Waals surface area contributed by atoms with Crippen molar-refractivity contribution in [2.45, 2.75) is 51.7 Å². The van der Waals surface area contributed by atoms with Gasteiger partial charge in [-0.3, -0.25) is 4.79 Å². The van der Waals surface area contributed by atoms with Gasteiger partial charge in [0.2, 0.25) is 6.29 Å². The van der Waals surface area contributed by atoms with Gasteiger partial charge in [-0.1, -0.05) is 32.6 Å². The van der Waals surface area contributed by atoms with Crippen LogP contribution in [0, 0.1) is 0 Å². The Balaban J connectivity index is 3.26. The van der Waals surface area contributed by atoms with Crippen LogP contribution >= 0.6 is 0 Å². The van der Waals surface area contributed by atoms with E-state index >= 15 is 0 Å². The monoisotopic (exact) mass is 203 g/mol. The lowest BCUT2D eigenvalue weighted by molar-refractivity contribution is -0.166. The average molecular weight is 203 g/mol. The van der Waals surface area contributed by atoms with Crippen molar-refractivity contribution in [1.82, 2.24) is 0 Å². The number of ether oxygens (including phenoxy) is 1. The number of hydrogen-bond donors (Lipinski definition) is 2. The summed E-state index contributed by atoms with van der Waals surface area (Å²) in [6, 6.07) is 0. The third kappa shape index (κ3) is 8.01. The number of nitrogens with two attached hydrogens (primary N) is 1. The maximum atomic E-state index is 10.7. The van der Waals surface area contributed by atoms with Gasteiger partial charge in [0.25, 0.3) is 0 Å². The molecule has 0 aromatic heterocycles. The number of carbonyl (C=O) groups is 1. The van der Waals surface area contributed by atoms with Gasteiger partial charge < -0.3 is 15.6 Å². The minimum atomic E-state index is -0.979. The van der Waals surface area contributed by atoms with E-state index in [2.05, 4.69) is 11.7 Å². The molecule has 3 N–H and O–H groups in total. The molecule has 0 aliphatic rings. The first-order chi connectivity index (χ1) is 6.70. The van der Waals surface area contributed by atoms with Crippen LogP contribution in [0.1, 0.15) is 45.4 Å². The van der Waals surface area contributed by atoms with Gasteiger partial charge in [0.15, 0.2) is 0 Å². The number of esters is 1. The van der Waals surface area contributed by atoms with Gasteiger partial charge in [-0.2, -0.15) is 0 Å². The zero-order valence-corrected chi connectivity index (χ0v) is 8.87. The van der Waals surface area contributed by atoms with Crippen LogP contribution in [-0.2, 0) is 9.53 Å². The number of hydrogen-bond acceptors (Lipinski definition) is 4. The van der Waals surface area contributed by atoms with Gasteiger partial charge in [-0.05, 0) is 6.42 Å². The van der Waals surface area contributed by atoms with Crippen LogP contribution in [0.15, 0.2) is 0 Å². The molecule has 0 aliphatic heterocycles. The molecule has 0 aliphatic carbocycles. The van der Waals surface area contributed by atoms with E-state index in [1.807, 2.05) is 0 Å². The second-order valence-electron chi connectivity index (χ2n) is 3.35. The van der Waals surface area contributed by atoms with Crippen LogP contribution in [0.2, 0.25) is 0 Å². The van der Waals surface area contributed by atoms with Crippen molar-refractivity contribution < 1.29 is 14.6 Å². The molecule has 4 nitrogen and oxygen atoms in total. The molecule has 14 heavy (non-hydrogen) atoms. The third-order valence-corrected chi connectivity index (χ3v) is 1.99. The Kier molecular flexibility index (Phi) is 8.57. The molecule has 0 rings (SSSR count). The smallest absolute Gasteiger partial charge is 0.321 e. The molecule has 0 heterocycles. The Hall–Kier alpha value is -0.610. The van der Waals surface area contributed by atoms with E-state index in [4.69, 9.17) is 5.73 Å². The van der Waals surface area contributed by atoms with Crippen LogP contribution in [-0.4, -0.2) is 23.9 Å². The maximum absolute atomic E-state index is 10.7. The second kappa shape index (κ2) is 8.97. The fraction of sp³-hybridized carbons (Fsp3) is 0.900. The summed E-state index contributed by atoms with van der Waals surface area (Å²) >= 11 is 0. The lowest BCUT2D eigenvalue weighted by Crippen LogP contribution is -2.23. The molecule has 1 atom stereocenters. The van der Waals surface area contributed by atoms with Gasteiger partial charge in [-0.25, -0.2) is 0 Å². The Morgan fingerprint density at radius 1 is 1.36 bits per heavy atom. The Labute approximate surface area is 85.4 Å². The number of aliphatic hydroxyl groups excluding tert-OH is 1. The molecule has 0 bridgehead atoms. The largest absolute Gasteiger partial charge is 0.435 e. The van der Waals surface area contributed by atoms with Crippen molar-refractivity contribution in [3.63, 3.8) is 0 Å². The van der Waals surface area contributed by atoms with Crippen molar-refractivity contribution in [3.8, 4) is 0 Å². The molecule has 0 aromatic carbocycles. The number of carbonyl (C=O) groups excluding carboxylic acids is 1. The fourth-order valence-electron chi connectivity index (χ4n) is 1.18. The van der Waals surface area contributed by atoms with Crippen molar-refractivity contribution in [2.75, 3.05) is 6.54 Å². The molecule has 0 saturated heterocycles. The molecular formula is C10H21NO3. The predicted molar refractivity (Wildman–Crippen MR) is 54.5 cm³/mol. The highest BCUT2D eigenvalue weighted by molar-refractivity contribution is 5.71. The van der Waals surface area contributed by atoms with Gasteiger partial charge in [0, 0.05) is 6.42 Å². The standard InChI is InChI=1S/C10H21NO3/c1-2-3-4-5-6-7-9(12)14-10(13)8-11/h9,12H,2-8,11H2,1H3. The van der Waals surface area contributed by atoms with E-state index in [1.165, 1.54) is 19.3 Å². The molecular weight excluding hydrogens is 182 g/mol. The van der Waals surface area contributed by atoms with E-state index < -0.39 is 12.3 Å². The number of rotatable bonds is 8. The van der Waals surface area contributed by atoms with Crippen LogP contribution < -0.4 is 5.73 Å². The van der Waals surface area contributed by atoms with E-state index in [-0.39, 0.29) is 6.54 Å². The molecule has 0 aromatic rings. The van der Waals surface area contributed by atoms with Crippen molar-refractivity contribution in [2.24, 2.45) is 5.73 Å². The molecule has 0 radical (unpaired) electrons. The summed E-state index contributed by atoms with van der Waals surface area (Å²) in [5, 5.41) is 9.21. The van der Waals surface area contributed by atoms with Gasteiger partial charge in [-0.15, -0.1) is 0 Å². The van der Waals surface area contributed by atoms with Crippen LogP contribution in [0.4, 0.5) is 0 Å². The summed E-state index contributed by atoms with van der Waals surface area (Å²) in [5.74, 6) is -0.550. The summed E-state index contributed by atoms with van der Waals surface area (Å²) in [5.41, 5.74) is 5.03. The predicted octanol–water partition coefficient (Wildman–Crippen LogP) is 1.17. The first-order valence-electron chi connectivity index (χ1n) is 5.28. The van der Waals surface area contributed by atoms with Crippen molar-refractivity contribution >= 4 is 5.97 Å². The molecule has 84 valence electrons. The lowest BCUT2D eigenvalue weighted by atomic mass is 10.1. The Bertz CT molecular complexity index is 150. The van der Waals surface area contributed by atoms with E-state index in [0.29, 0.717) is 6.42 Å². The van der Waals surface area contributed by atoms with Crippen LogP contribution in [0.25, 0.3) is 0 Å². The van der Waals surface area contributed by atoms with Gasteiger partial charge >= 0.3 is 5.97 Å². The average Bonchev–Trinajstić information content (AvgIpc) is 2.17. The normalized spacial score (nSPS) is 12.5. The molecule has 1 unspecified atom stereocenters. The Morgan fingerprint density at radius 2 is 2.00 bits per heavy atom. The Morgan fingerprint density at radius 3 is 2.57 bits per heavy atom. The van der Waals surface area contributed by atoms with E-state index in [1.54, 1.807) is 0 Å². The van der Waals surface area contributed by atoms with Gasteiger partial charge in [0.1, 0.15) is 0 Å². The zero-order valence-electron chi connectivity index (χ0n) is 8.87. The summed E-state index contributed by atoms with van der Waals surface area (Å²) in [4.78, 5) is 10.7. The maximum Gasteiger partial charge on any atom is 0.321 e. The number of unbranched alkanes of at least 4 members (excludes halogenated alkanes) is 4. The first kappa shape index (κ1) is 13.4. The molecule has 0 saturated carbocycles. The summed E-state index contributed by atoms with van der Waals surface area (Å²) in [7, 11) is 0. The summed E-state index contributed by atoms with van der Waals surface area (Å²) in [6.07, 6.45) is 5.09. The SMILES string of the molecule is CCCCCCCC(O)OC(=O)CN. The molecule has 0 fully saturated rings. The van der Waals surface area contributed by atoms with E-state index in [0.717, 1.165) is 12.8 Å². The van der Waals surface area contributed by atoms with E-state index in [9.17, 15) is 9.90 Å². The third-order valence-electron chi connectivity index (χ3n) is 1.99.